The van der Waals surface area contributed by atoms with Gasteiger partial charge in [-0.15, -0.1) is 23.1 Å². The second kappa shape index (κ2) is 6.02. The largest absolute Gasteiger partial charge is 0.444 e. The van der Waals surface area contributed by atoms with Gasteiger partial charge in [-0.05, 0) is 49.9 Å². The molecule has 1 aliphatic rings. The van der Waals surface area contributed by atoms with Gasteiger partial charge in [0, 0.05) is 10.6 Å². The van der Waals surface area contributed by atoms with Crippen molar-refractivity contribution < 1.29 is 14.3 Å². The Balaban J connectivity index is 1.96. The summed E-state index contributed by atoms with van der Waals surface area (Å²) in [5.74, 6) is 0.717. The SMILES string of the molecule is CC(C)(C)OC(=O)Nc1cccc2c1C(=O)c1sccc1CS2. The number of thioether (sulfide) groups is 1. The third kappa shape index (κ3) is 3.43. The number of nitrogens with one attached hydrogen (secondary N) is 1. The van der Waals surface area contributed by atoms with Gasteiger partial charge in [0.15, 0.2) is 0 Å². The second-order valence-electron chi connectivity index (χ2n) is 6.20. The average Bonchev–Trinajstić information content (AvgIpc) is 2.86. The van der Waals surface area contributed by atoms with Crippen molar-refractivity contribution in [3.8, 4) is 0 Å². The van der Waals surface area contributed by atoms with Gasteiger partial charge in [0.25, 0.3) is 0 Å². The highest BCUT2D eigenvalue weighted by Gasteiger charge is 2.26. The fourth-order valence-corrected chi connectivity index (χ4v) is 4.35. The van der Waals surface area contributed by atoms with E-state index in [1.54, 1.807) is 38.6 Å². The predicted octanol–water partition coefficient (Wildman–Crippen LogP) is 4.93. The number of carbonyl (C=O) groups excluding carboxylic acids is 2. The van der Waals surface area contributed by atoms with Crippen LogP contribution in [0.2, 0.25) is 0 Å². The molecule has 1 aliphatic heterocycles. The van der Waals surface area contributed by atoms with E-state index in [0.29, 0.717) is 11.3 Å². The van der Waals surface area contributed by atoms with Gasteiger partial charge in [0.2, 0.25) is 5.78 Å². The first-order valence-corrected chi connectivity index (χ1v) is 9.08. The van der Waals surface area contributed by atoms with Crippen LogP contribution in [0.5, 0.6) is 0 Å². The highest BCUT2D eigenvalue weighted by Crippen LogP contribution is 2.39. The first-order chi connectivity index (χ1) is 10.8. The Hall–Kier alpha value is -1.79. The molecule has 1 aromatic heterocycles. The van der Waals surface area contributed by atoms with E-state index < -0.39 is 11.7 Å². The molecule has 0 saturated heterocycles. The highest BCUT2D eigenvalue weighted by atomic mass is 32.2. The lowest BCUT2D eigenvalue weighted by molar-refractivity contribution is 0.0636. The summed E-state index contributed by atoms with van der Waals surface area (Å²) in [7, 11) is 0. The van der Waals surface area contributed by atoms with Crippen molar-refractivity contribution in [2.24, 2.45) is 0 Å². The molecule has 120 valence electrons. The molecule has 1 amide bonds. The zero-order valence-electron chi connectivity index (χ0n) is 13.1. The van der Waals surface area contributed by atoms with Crippen molar-refractivity contribution >= 4 is 40.7 Å². The Morgan fingerprint density at radius 3 is 2.78 bits per heavy atom. The van der Waals surface area contributed by atoms with Gasteiger partial charge in [-0.25, -0.2) is 4.79 Å². The third-order valence-electron chi connectivity index (χ3n) is 3.23. The number of benzene rings is 1. The van der Waals surface area contributed by atoms with Crippen LogP contribution >= 0.6 is 23.1 Å². The van der Waals surface area contributed by atoms with Gasteiger partial charge < -0.3 is 4.74 Å². The number of fused-ring (bicyclic) bond motifs is 2. The van der Waals surface area contributed by atoms with Crippen molar-refractivity contribution in [1.29, 1.82) is 0 Å². The molecule has 4 nitrogen and oxygen atoms in total. The number of ether oxygens (including phenoxy) is 1. The number of anilines is 1. The van der Waals surface area contributed by atoms with Gasteiger partial charge in [0.05, 0.1) is 16.1 Å². The van der Waals surface area contributed by atoms with E-state index in [9.17, 15) is 9.59 Å². The number of thiophene rings is 1. The number of carbonyl (C=O) groups is 2. The molecular formula is C17H17NO3S2. The maximum absolute atomic E-state index is 12.9. The number of amides is 1. The monoisotopic (exact) mass is 347 g/mol. The molecule has 0 fully saturated rings. The lowest BCUT2D eigenvalue weighted by atomic mass is 10.1. The first kappa shape index (κ1) is 16.1. The van der Waals surface area contributed by atoms with E-state index in [-0.39, 0.29) is 5.78 Å². The maximum atomic E-state index is 12.9. The van der Waals surface area contributed by atoms with Crippen molar-refractivity contribution in [2.45, 2.75) is 37.0 Å². The molecule has 1 aromatic carbocycles. The quantitative estimate of drug-likeness (QED) is 0.794. The normalized spacial score (nSPS) is 13.8. The molecule has 1 N–H and O–H groups in total. The summed E-state index contributed by atoms with van der Waals surface area (Å²) in [4.78, 5) is 26.6. The molecule has 23 heavy (non-hydrogen) atoms. The minimum absolute atomic E-state index is 0.0401. The molecule has 0 radical (unpaired) electrons. The van der Waals surface area contributed by atoms with E-state index in [4.69, 9.17) is 4.74 Å². The topological polar surface area (TPSA) is 55.4 Å². The molecule has 2 aromatic rings. The van der Waals surface area contributed by atoms with E-state index >= 15 is 0 Å². The predicted molar refractivity (Wildman–Crippen MR) is 93.6 cm³/mol. The fourth-order valence-electron chi connectivity index (χ4n) is 2.32. The molecule has 0 saturated carbocycles. The maximum Gasteiger partial charge on any atom is 0.412 e. The van der Waals surface area contributed by atoms with E-state index in [1.165, 1.54) is 11.3 Å². The van der Waals surface area contributed by atoms with Crippen LogP contribution in [0, 0.1) is 0 Å². The minimum atomic E-state index is -0.588. The number of rotatable bonds is 1. The van der Waals surface area contributed by atoms with Crippen LogP contribution in [-0.2, 0) is 10.5 Å². The van der Waals surface area contributed by atoms with Crippen LogP contribution in [0.3, 0.4) is 0 Å². The highest BCUT2D eigenvalue weighted by molar-refractivity contribution is 7.98. The van der Waals surface area contributed by atoms with Crippen LogP contribution in [-0.4, -0.2) is 17.5 Å². The fraction of sp³-hybridized carbons (Fsp3) is 0.294. The Morgan fingerprint density at radius 1 is 1.26 bits per heavy atom. The van der Waals surface area contributed by atoms with Gasteiger partial charge in [-0.3, -0.25) is 10.1 Å². The van der Waals surface area contributed by atoms with E-state index in [0.717, 1.165) is 21.1 Å². The molecule has 0 bridgehead atoms. The molecular weight excluding hydrogens is 330 g/mol. The molecule has 2 heterocycles. The summed E-state index contributed by atoms with van der Waals surface area (Å²) in [6, 6.07) is 7.47. The smallest absolute Gasteiger partial charge is 0.412 e. The summed E-state index contributed by atoms with van der Waals surface area (Å²) < 4.78 is 5.29. The average molecular weight is 347 g/mol. The van der Waals surface area contributed by atoms with Crippen LogP contribution in [0.1, 0.15) is 41.6 Å². The lowest BCUT2D eigenvalue weighted by Gasteiger charge is -2.20. The summed E-state index contributed by atoms with van der Waals surface area (Å²) in [5.41, 5.74) is 1.50. The van der Waals surface area contributed by atoms with Gasteiger partial charge >= 0.3 is 6.09 Å². The molecule has 6 heteroatoms. The molecule has 0 spiro atoms. The van der Waals surface area contributed by atoms with Crippen LogP contribution in [0.25, 0.3) is 0 Å². The standard InChI is InChI=1S/C17H17NO3S2/c1-17(2,3)21-16(20)18-11-5-4-6-12-13(11)14(19)15-10(9-23-12)7-8-22-15/h4-8H,9H2,1-3H3,(H,18,20). The second-order valence-corrected chi connectivity index (χ2v) is 8.13. The number of hydrogen-bond donors (Lipinski definition) is 1. The van der Waals surface area contributed by atoms with Gasteiger partial charge in [-0.1, -0.05) is 6.07 Å². The summed E-state index contributed by atoms with van der Waals surface area (Å²) in [6.45, 7) is 5.41. The molecule has 0 aliphatic carbocycles. The number of hydrogen-bond acceptors (Lipinski definition) is 5. The van der Waals surface area contributed by atoms with Crippen LogP contribution < -0.4 is 5.32 Å². The molecule has 3 rings (SSSR count). The number of ketones is 1. The Morgan fingerprint density at radius 2 is 2.04 bits per heavy atom. The summed E-state index contributed by atoms with van der Waals surface area (Å²) >= 11 is 3.05. The van der Waals surface area contributed by atoms with Crippen LogP contribution in [0.4, 0.5) is 10.5 Å². The summed E-state index contributed by atoms with van der Waals surface area (Å²) in [5, 5.41) is 4.65. The van der Waals surface area contributed by atoms with Crippen LogP contribution in [0.15, 0.2) is 34.5 Å². The zero-order chi connectivity index (χ0) is 16.6. The third-order valence-corrected chi connectivity index (χ3v) is 5.29. The lowest BCUT2D eigenvalue weighted by Crippen LogP contribution is -2.27. The van der Waals surface area contributed by atoms with Crippen molar-refractivity contribution in [3.05, 3.63) is 45.6 Å². The molecule has 0 unspecified atom stereocenters. The van der Waals surface area contributed by atoms with Crippen molar-refractivity contribution in [1.82, 2.24) is 0 Å². The first-order valence-electron chi connectivity index (χ1n) is 7.22. The summed E-state index contributed by atoms with van der Waals surface area (Å²) in [6.07, 6.45) is -0.556. The van der Waals surface area contributed by atoms with E-state index in [2.05, 4.69) is 5.32 Å². The Labute approximate surface area is 143 Å². The van der Waals surface area contributed by atoms with E-state index in [1.807, 2.05) is 23.6 Å². The minimum Gasteiger partial charge on any atom is -0.444 e. The van der Waals surface area contributed by atoms with Crippen molar-refractivity contribution in [2.75, 3.05) is 5.32 Å². The van der Waals surface area contributed by atoms with Gasteiger partial charge in [0.1, 0.15) is 5.60 Å². The zero-order valence-corrected chi connectivity index (χ0v) is 14.8. The van der Waals surface area contributed by atoms with Gasteiger partial charge in [-0.2, -0.15) is 0 Å². The van der Waals surface area contributed by atoms with Crippen molar-refractivity contribution in [3.63, 3.8) is 0 Å². The molecule has 0 atom stereocenters. The Kier molecular flexibility index (Phi) is 4.21. The Bertz CT molecular complexity index is 774.